The first-order chi connectivity index (χ1) is 15.9. The number of hydrogen-bond acceptors (Lipinski definition) is 2. The van der Waals surface area contributed by atoms with Gasteiger partial charge in [0.25, 0.3) is 0 Å². The molecule has 6 rings (SSSR count). The molecule has 1 amide bonds. The number of fused-ring (bicyclic) bond motifs is 3. The number of aromatic nitrogens is 1. The number of nitrogens with one attached hydrogen (secondary N) is 1. The number of aliphatic hydroxyl groups excluding tert-OH is 1. The number of rotatable bonds is 4. The van der Waals surface area contributed by atoms with Crippen LogP contribution < -0.4 is 0 Å². The molecule has 0 spiro atoms. The van der Waals surface area contributed by atoms with Crippen LogP contribution in [0.15, 0.2) is 36.4 Å². The Morgan fingerprint density at radius 1 is 1.03 bits per heavy atom. The summed E-state index contributed by atoms with van der Waals surface area (Å²) in [5.74, 6) is -1.42. The predicted octanol–water partition coefficient (Wildman–Crippen LogP) is 5.12. The summed E-state index contributed by atoms with van der Waals surface area (Å²) in [7, 11) is 0. The van der Waals surface area contributed by atoms with Crippen LogP contribution in [0.25, 0.3) is 22.2 Å². The topological polar surface area (TPSA) is 56.3 Å². The van der Waals surface area contributed by atoms with Crippen molar-refractivity contribution in [1.29, 1.82) is 0 Å². The van der Waals surface area contributed by atoms with E-state index in [2.05, 4.69) is 4.98 Å². The Bertz CT molecular complexity index is 1230. The lowest BCUT2D eigenvalue weighted by Crippen LogP contribution is -2.51. The third-order valence-corrected chi connectivity index (χ3v) is 8.07. The minimum atomic E-state index is -0.676. The lowest BCUT2D eigenvalue weighted by Gasteiger charge is -2.42. The van der Waals surface area contributed by atoms with Gasteiger partial charge in [0.05, 0.1) is 23.9 Å². The third-order valence-electron chi connectivity index (χ3n) is 8.07. The first-order valence-electron chi connectivity index (χ1n) is 11.6. The summed E-state index contributed by atoms with van der Waals surface area (Å²) >= 11 is 0. The zero-order valence-corrected chi connectivity index (χ0v) is 18.0. The molecule has 3 aliphatic rings. The third kappa shape index (κ3) is 3.20. The van der Waals surface area contributed by atoms with Crippen molar-refractivity contribution in [3.05, 3.63) is 59.4 Å². The Balaban J connectivity index is 1.32. The van der Waals surface area contributed by atoms with E-state index in [9.17, 15) is 23.1 Å². The molecule has 0 radical (unpaired) electrons. The van der Waals surface area contributed by atoms with Gasteiger partial charge < -0.3 is 15.0 Å². The Morgan fingerprint density at radius 2 is 1.79 bits per heavy atom. The standard InChI is InChI=1S/C26H25F3N2O2/c27-17-4-1-13(2-5-17)24-23(20-10-18(28)11-21(29)25(20)30-24)15-7-16(8-15)26(33)31-19-6-3-14(9-19)22(31)12-32/h1-2,4-5,10-11,14-16,19,22,30,32H,3,6-9,12H2. The smallest absolute Gasteiger partial charge is 0.226 e. The van der Waals surface area contributed by atoms with Gasteiger partial charge in [-0.05, 0) is 85.4 Å². The van der Waals surface area contributed by atoms with Gasteiger partial charge in [-0.1, -0.05) is 0 Å². The molecule has 2 saturated carbocycles. The van der Waals surface area contributed by atoms with Crippen molar-refractivity contribution in [3.8, 4) is 11.3 Å². The fraction of sp³-hybridized carbons (Fsp3) is 0.423. The molecule has 3 fully saturated rings. The van der Waals surface area contributed by atoms with Crippen molar-refractivity contribution < 1.29 is 23.1 Å². The highest BCUT2D eigenvalue weighted by Gasteiger charge is 2.51. The average molecular weight is 454 g/mol. The summed E-state index contributed by atoms with van der Waals surface area (Å²) in [6, 6.07) is 8.23. The maximum atomic E-state index is 14.6. The monoisotopic (exact) mass is 454 g/mol. The molecule has 3 atom stereocenters. The highest BCUT2D eigenvalue weighted by Crippen LogP contribution is 2.51. The number of likely N-dealkylation sites (tertiary alicyclic amines) is 1. The molecular weight excluding hydrogens is 429 g/mol. The summed E-state index contributed by atoms with van der Waals surface area (Å²) in [5, 5.41) is 10.3. The van der Waals surface area contributed by atoms with Gasteiger partial charge in [0.15, 0.2) is 0 Å². The second kappa shape index (κ2) is 7.62. The molecule has 33 heavy (non-hydrogen) atoms. The van der Waals surface area contributed by atoms with Crippen LogP contribution in [0.1, 0.15) is 43.6 Å². The number of aromatic amines is 1. The van der Waals surface area contributed by atoms with E-state index in [0.29, 0.717) is 35.4 Å². The van der Waals surface area contributed by atoms with Gasteiger partial charge in [-0.3, -0.25) is 4.79 Å². The molecule has 4 nitrogen and oxygen atoms in total. The van der Waals surface area contributed by atoms with Crippen molar-refractivity contribution in [2.24, 2.45) is 11.8 Å². The minimum Gasteiger partial charge on any atom is -0.394 e. The maximum absolute atomic E-state index is 14.6. The first kappa shape index (κ1) is 20.8. The van der Waals surface area contributed by atoms with Crippen LogP contribution in [0, 0.1) is 29.3 Å². The summed E-state index contributed by atoms with van der Waals surface area (Å²) < 4.78 is 42.2. The van der Waals surface area contributed by atoms with Crippen molar-refractivity contribution >= 4 is 16.8 Å². The highest BCUT2D eigenvalue weighted by atomic mass is 19.1. The number of benzene rings is 2. The number of halogens is 3. The molecule has 2 heterocycles. The van der Waals surface area contributed by atoms with E-state index < -0.39 is 11.6 Å². The van der Waals surface area contributed by atoms with Gasteiger partial charge in [0.1, 0.15) is 17.5 Å². The van der Waals surface area contributed by atoms with Crippen LogP contribution >= 0.6 is 0 Å². The molecule has 2 aliphatic carbocycles. The van der Waals surface area contributed by atoms with E-state index in [4.69, 9.17) is 0 Å². The first-order valence-corrected chi connectivity index (χ1v) is 11.6. The average Bonchev–Trinajstić information content (AvgIpc) is 3.46. The number of carbonyl (C=O) groups excluding carboxylic acids is 1. The molecule has 3 aromatic rings. The summed E-state index contributed by atoms with van der Waals surface area (Å²) in [6.07, 6.45) is 4.22. The normalized spacial score (nSPS) is 28.5. The number of carbonyl (C=O) groups is 1. The molecule has 1 saturated heterocycles. The van der Waals surface area contributed by atoms with Gasteiger partial charge >= 0.3 is 0 Å². The quantitative estimate of drug-likeness (QED) is 0.575. The van der Waals surface area contributed by atoms with Crippen molar-refractivity contribution in [2.45, 2.75) is 50.1 Å². The van der Waals surface area contributed by atoms with Gasteiger partial charge in [-0.15, -0.1) is 0 Å². The lowest BCUT2D eigenvalue weighted by atomic mass is 9.69. The molecule has 1 aromatic heterocycles. The molecule has 2 N–H and O–H groups in total. The van der Waals surface area contributed by atoms with E-state index in [-0.39, 0.29) is 47.8 Å². The SMILES string of the molecule is O=C(C1CC(c2c(-c3ccc(F)cc3)[nH]c3c(F)cc(F)cc23)C1)N1C2CCC(C2)C1CO. The summed E-state index contributed by atoms with van der Waals surface area (Å²) in [4.78, 5) is 18.3. The zero-order chi connectivity index (χ0) is 22.9. The highest BCUT2D eigenvalue weighted by molar-refractivity contribution is 5.92. The van der Waals surface area contributed by atoms with E-state index in [1.165, 1.54) is 18.2 Å². The largest absolute Gasteiger partial charge is 0.394 e. The van der Waals surface area contributed by atoms with E-state index >= 15 is 0 Å². The van der Waals surface area contributed by atoms with Crippen LogP contribution in [-0.4, -0.2) is 39.6 Å². The van der Waals surface area contributed by atoms with Crippen LogP contribution in [0.2, 0.25) is 0 Å². The number of aliphatic hydroxyl groups is 1. The van der Waals surface area contributed by atoms with Gasteiger partial charge in [0, 0.05) is 23.4 Å². The molecular formula is C26H25F3N2O2. The predicted molar refractivity (Wildman–Crippen MR) is 118 cm³/mol. The molecule has 3 unspecified atom stereocenters. The van der Waals surface area contributed by atoms with E-state index in [1.54, 1.807) is 12.1 Å². The summed E-state index contributed by atoms with van der Waals surface area (Å²) in [5.41, 5.74) is 2.33. The van der Waals surface area contributed by atoms with Crippen molar-refractivity contribution in [2.75, 3.05) is 6.61 Å². The van der Waals surface area contributed by atoms with Crippen LogP contribution in [-0.2, 0) is 4.79 Å². The van der Waals surface area contributed by atoms with Crippen LogP contribution in [0.4, 0.5) is 13.2 Å². The second-order valence-electron chi connectivity index (χ2n) is 9.82. The van der Waals surface area contributed by atoms with Crippen LogP contribution in [0.5, 0.6) is 0 Å². The minimum absolute atomic E-state index is 0.00122. The molecule has 172 valence electrons. The molecule has 2 aromatic carbocycles. The fourth-order valence-electron chi connectivity index (χ4n) is 6.45. The lowest BCUT2D eigenvalue weighted by molar-refractivity contribution is -0.144. The Morgan fingerprint density at radius 3 is 2.52 bits per heavy atom. The number of H-pyrrole nitrogens is 1. The summed E-state index contributed by atoms with van der Waals surface area (Å²) in [6.45, 7) is -0.00122. The van der Waals surface area contributed by atoms with Crippen molar-refractivity contribution in [1.82, 2.24) is 9.88 Å². The van der Waals surface area contributed by atoms with Gasteiger partial charge in [-0.2, -0.15) is 0 Å². The maximum Gasteiger partial charge on any atom is 0.226 e. The second-order valence-corrected chi connectivity index (χ2v) is 9.82. The molecule has 7 heteroatoms. The number of hydrogen-bond donors (Lipinski definition) is 2. The van der Waals surface area contributed by atoms with E-state index in [0.717, 1.165) is 30.9 Å². The number of amides is 1. The van der Waals surface area contributed by atoms with Gasteiger partial charge in [-0.25, -0.2) is 13.2 Å². The number of piperidine rings is 1. The van der Waals surface area contributed by atoms with Crippen LogP contribution in [0.3, 0.4) is 0 Å². The molecule has 1 aliphatic heterocycles. The number of nitrogens with zero attached hydrogens (tertiary/aromatic N) is 1. The van der Waals surface area contributed by atoms with Gasteiger partial charge in [0.2, 0.25) is 5.91 Å². The Hall–Kier alpha value is -2.80. The van der Waals surface area contributed by atoms with E-state index in [1.807, 2.05) is 4.90 Å². The van der Waals surface area contributed by atoms with Crippen molar-refractivity contribution in [3.63, 3.8) is 0 Å². The Labute approximate surface area is 189 Å². The molecule has 2 bridgehead atoms. The fourth-order valence-corrected chi connectivity index (χ4v) is 6.45. The Kier molecular flexibility index (Phi) is 4.80. The zero-order valence-electron chi connectivity index (χ0n) is 18.0.